The highest BCUT2D eigenvalue weighted by Crippen LogP contribution is 2.32. The number of nitrogens with two attached hydrogens (primary N) is 1. The first-order valence-corrected chi connectivity index (χ1v) is 13.2. The van der Waals surface area contributed by atoms with E-state index in [-0.39, 0.29) is 6.29 Å². The van der Waals surface area contributed by atoms with Gasteiger partial charge in [0, 0.05) is 29.4 Å². The van der Waals surface area contributed by atoms with Crippen LogP contribution in [0.2, 0.25) is 0 Å². The third-order valence-corrected chi connectivity index (χ3v) is 7.08. The molecule has 0 saturated carbocycles. The molecule has 5 aromatic rings. The number of hydrogen-bond acceptors (Lipinski definition) is 7. The van der Waals surface area contributed by atoms with Crippen molar-refractivity contribution in [3.63, 3.8) is 0 Å². The molecule has 1 saturated heterocycles. The van der Waals surface area contributed by atoms with Gasteiger partial charge in [-0.15, -0.1) is 0 Å². The number of rotatable bonds is 10. The molecule has 9 heteroatoms. The number of aryl methyl sites for hydroxylation is 1. The Labute approximate surface area is 221 Å². The van der Waals surface area contributed by atoms with E-state index in [0.29, 0.717) is 19.0 Å². The van der Waals surface area contributed by atoms with Crippen LogP contribution in [0.4, 0.5) is 5.82 Å². The van der Waals surface area contributed by atoms with Gasteiger partial charge in [0.1, 0.15) is 11.8 Å². The van der Waals surface area contributed by atoms with Gasteiger partial charge in [-0.25, -0.2) is 9.50 Å². The number of benzene rings is 2. The smallest absolute Gasteiger partial charge is 0.170 e. The summed E-state index contributed by atoms with van der Waals surface area (Å²) < 4.78 is 15.1. The molecule has 1 aliphatic heterocycles. The van der Waals surface area contributed by atoms with Crippen LogP contribution in [0.5, 0.6) is 0 Å². The van der Waals surface area contributed by atoms with Gasteiger partial charge in [-0.2, -0.15) is 10.2 Å². The van der Waals surface area contributed by atoms with Crippen molar-refractivity contribution < 1.29 is 9.47 Å². The first kappa shape index (κ1) is 24.5. The van der Waals surface area contributed by atoms with Crippen molar-refractivity contribution in [2.75, 3.05) is 39.1 Å². The van der Waals surface area contributed by atoms with Crippen LogP contribution in [-0.4, -0.2) is 68.9 Å². The van der Waals surface area contributed by atoms with Gasteiger partial charge in [0.25, 0.3) is 0 Å². The van der Waals surface area contributed by atoms with Crippen LogP contribution in [0.1, 0.15) is 24.1 Å². The van der Waals surface area contributed by atoms with Gasteiger partial charge in [0.05, 0.1) is 25.3 Å². The van der Waals surface area contributed by atoms with Gasteiger partial charge in [-0.05, 0) is 56.1 Å². The van der Waals surface area contributed by atoms with Crippen LogP contribution in [-0.2, 0) is 22.4 Å². The van der Waals surface area contributed by atoms with Crippen LogP contribution in [0, 0.1) is 0 Å². The largest absolute Gasteiger partial charge is 0.382 e. The lowest BCUT2D eigenvalue weighted by Gasteiger charge is -2.19. The molecule has 196 valence electrons. The Morgan fingerprint density at radius 2 is 1.89 bits per heavy atom. The summed E-state index contributed by atoms with van der Waals surface area (Å²) >= 11 is 0. The Kier molecular flexibility index (Phi) is 7.04. The maximum atomic E-state index is 6.36. The molecule has 6 rings (SSSR count). The Bertz CT molecular complexity index is 1520. The number of nitrogens with zero attached hydrogens (tertiary/aromatic N) is 6. The Morgan fingerprint density at radius 1 is 1.05 bits per heavy atom. The topological polar surface area (TPSA) is 95.7 Å². The van der Waals surface area contributed by atoms with E-state index in [9.17, 15) is 0 Å². The van der Waals surface area contributed by atoms with Gasteiger partial charge >= 0.3 is 0 Å². The molecule has 1 aliphatic rings. The molecule has 9 nitrogen and oxygen atoms in total. The van der Waals surface area contributed by atoms with Crippen molar-refractivity contribution in [3.05, 3.63) is 78.4 Å². The summed E-state index contributed by atoms with van der Waals surface area (Å²) in [5.74, 6) is 0.479. The number of unbranched alkanes of at least 4 members (excludes halogenated alkanes) is 1. The Morgan fingerprint density at radius 3 is 2.74 bits per heavy atom. The maximum absolute atomic E-state index is 6.36. The predicted molar refractivity (Wildman–Crippen MR) is 148 cm³/mol. The molecule has 0 amide bonds. The van der Waals surface area contributed by atoms with Crippen LogP contribution in [0.3, 0.4) is 0 Å². The molecule has 3 aromatic heterocycles. The zero-order valence-corrected chi connectivity index (χ0v) is 21.7. The molecule has 0 unspecified atom stereocenters. The molecular formula is C29H33N7O2. The summed E-state index contributed by atoms with van der Waals surface area (Å²) in [6.45, 7) is 3.90. The van der Waals surface area contributed by atoms with Crippen molar-refractivity contribution in [1.29, 1.82) is 0 Å². The second-order valence-electron chi connectivity index (χ2n) is 9.93. The highest BCUT2D eigenvalue weighted by Gasteiger charge is 2.18. The monoisotopic (exact) mass is 511 g/mol. The molecule has 0 aliphatic carbocycles. The van der Waals surface area contributed by atoms with Crippen molar-refractivity contribution in [2.24, 2.45) is 0 Å². The second kappa shape index (κ2) is 10.9. The minimum Gasteiger partial charge on any atom is -0.382 e. The predicted octanol–water partition coefficient (Wildman–Crippen LogP) is 4.00. The lowest BCUT2D eigenvalue weighted by atomic mass is 10.0. The summed E-state index contributed by atoms with van der Waals surface area (Å²) in [5, 5.41) is 10.5. The number of likely N-dealkylation sites (N-methyl/N-ethyl adjacent to an activating group) is 1. The number of aromatic nitrogens is 5. The van der Waals surface area contributed by atoms with Gasteiger partial charge in [0.2, 0.25) is 0 Å². The van der Waals surface area contributed by atoms with E-state index in [1.54, 1.807) is 0 Å². The fraction of sp³-hybridized carbons (Fsp3) is 0.345. The van der Waals surface area contributed by atoms with Crippen LogP contribution in [0.15, 0.2) is 67.1 Å². The van der Waals surface area contributed by atoms with Gasteiger partial charge in [-0.1, -0.05) is 42.5 Å². The minimum atomic E-state index is -0.0983. The van der Waals surface area contributed by atoms with E-state index in [1.807, 2.05) is 15.3 Å². The number of nitrogen functional groups attached to an aromatic ring is 1. The highest BCUT2D eigenvalue weighted by atomic mass is 16.7. The van der Waals surface area contributed by atoms with Crippen molar-refractivity contribution in [1.82, 2.24) is 29.3 Å². The fourth-order valence-corrected chi connectivity index (χ4v) is 5.16. The Balaban J connectivity index is 1.20. The fourth-order valence-electron chi connectivity index (χ4n) is 5.16. The van der Waals surface area contributed by atoms with Gasteiger partial charge in [0.15, 0.2) is 12.1 Å². The molecule has 2 aromatic carbocycles. The first-order valence-electron chi connectivity index (χ1n) is 13.2. The summed E-state index contributed by atoms with van der Waals surface area (Å²) in [5.41, 5.74) is 12.6. The van der Waals surface area contributed by atoms with Crippen LogP contribution in [0.25, 0.3) is 27.5 Å². The molecule has 0 spiro atoms. The molecule has 0 atom stereocenters. The SMILES string of the molecule is CN(CCCCc1cc(-c2ccc3cn(Cc4ccccc4)nc3c2)c2c(N)ncnn12)CC1OCCO1. The zero-order valence-electron chi connectivity index (χ0n) is 21.7. The van der Waals surface area contributed by atoms with Gasteiger partial charge in [-0.3, -0.25) is 4.68 Å². The lowest BCUT2D eigenvalue weighted by molar-refractivity contribution is -0.0582. The standard InChI is InChI=1S/C29H33N7O2/c1-34(19-27-37-13-14-38-27)12-6-5-9-24-16-25(28-29(30)31-20-32-36(24)28)22-10-11-23-18-35(33-26(23)15-22)17-21-7-3-2-4-8-21/h2-4,7-8,10-11,15-16,18,20,27H,5-6,9,12-14,17,19H2,1H3,(H2,30,31,32). The average Bonchev–Trinajstić information content (AvgIpc) is 3.66. The van der Waals surface area contributed by atoms with Crippen molar-refractivity contribution in [3.8, 4) is 11.1 Å². The third-order valence-electron chi connectivity index (χ3n) is 7.08. The summed E-state index contributed by atoms with van der Waals surface area (Å²) in [4.78, 5) is 6.55. The third kappa shape index (κ3) is 5.26. The Hall–Kier alpha value is -3.79. The summed E-state index contributed by atoms with van der Waals surface area (Å²) in [6.07, 6.45) is 6.52. The quantitative estimate of drug-likeness (QED) is 0.283. The van der Waals surface area contributed by atoms with E-state index in [4.69, 9.17) is 20.3 Å². The van der Waals surface area contributed by atoms with E-state index in [1.165, 1.54) is 11.9 Å². The first-order chi connectivity index (χ1) is 18.6. The molecular weight excluding hydrogens is 478 g/mol. The van der Waals surface area contributed by atoms with E-state index >= 15 is 0 Å². The van der Waals surface area contributed by atoms with Crippen molar-refractivity contribution in [2.45, 2.75) is 32.1 Å². The summed E-state index contributed by atoms with van der Waals surface area (Å²) in [6, 6.07) is 19.0. The second-order valence-corrected chi connectivity index (χ2v) is 9.93. The normalized spacial score (nSPS) is 14.4. The van der Waals surface area contributed by atoms with Crippen molar-refractivity contribution >= 4 is 22.2 Å². The number of ether oxygens (including phenoxy) is 2. The highest BCUT2D eigenvalue weighted by molar-refractivity contribution is 5.92. The molecule has 0 bridgehead atoms. The van der Waals surface area contributed by atoms with Crippen LogP contribution >= 0.6 is 0 Å². The zero-order chi connectivity index (χ0) is 25.9. The number of hydrogen-bond donors (Lipinski definition) is 1. The number of anilines is 1. The number of fused-ring (bicyclic) bond motifs is 2. The average molecular weight is 512 g/mol. The minimum absolute atomic E-state index is 0.0983. The van der Waals surface area contributed by atoms with E-state index in [0.717, 1.165) is 72.1 Å². The molecule has 2 N–H and O–H groups in total. The maximum Gasteiger partial charge on any atom is 0.170 e. The molecule has 1 fully saturated rings. The van der Waals surface area contributed by atoms with E-state index in [2.05, 4.69) is 76.8 Å². The van der Waals surface area contributed by atoms with Gasteiger partial charge < -0.3 is 20.1 Å². The molecule has 0 radical (unpaired) electrons. The lowest BCUT2D eigenvalue weighted by Crippen LogP contribution is -2.30. The summed E-state index contributed by atoms with van der Waals surface area (Å²) in [7, 11) is 2.11. The van der Waals surface area contributed by atoms with Crippen LogP contribution < -0.4 is 5.73 Å². The molecule has 38 heavy (non-hydrogen) atoms. The van der Waals surface area contributed by atoms with E-state index < -0.39 is 0 Å². The molecule has 4 heterocycles.